The third kappa shape index (κ3) is 6.15. The Balaban J connectivity index is 1.69. The Bertz CT molecular complexity index is 739. The Kier molecular flexibility index (Phi) is 6.89. The van der Waals surface area contributed by atoms with Crippen LogP contribution in [0.15, 0.2) is 42.5 Å². The van der Waals surface area contributed by atoms with Crippen LogP contribution < -0.4 is 5.32 Å². The van der Waals surface area contributed by atoms with Crippen molar-refractivity contribution in [3.63, 3.8) is 0 Å². The molecule has 0 radical (unpaired) electrons. The fourth-order valence-corrected chi connectivity index (χ4v) is 3.08. The van der Waals surface area contributed by atoms with E-state index in [1.807, 2.05) is 50.2 Å². The summed E-state index contributed by atoms with van der Waals surface area (Å²) in [5.41, 5.74) is 0.971. The van der Waals surface area contributed by atoms with E-state index in [4.69, 9.17) is 4.74 Å². The molecule has 0 aliphatic heterocycles. The number of hydrogen-bond donors (Lipinski definition) is 1. The average molecular weight is 359 g/mol. The van der Waals surface area contributed by atoms with Crippen LogP contribution >= 0.6 is 11.3 Å². The highest BCUT2D eigenvalue weighted by Gasteiger charge is 2.14. The van der Waals surface area contributed by atoms with E-state index < -0.39 is 5.97 Å². The maximum atomic E-state index is 11.9. The molecule has 0 fully saturated rings. The topological polar surface area (TPSA) is 72.5 Å². The first-order valence-electron chi connectivity index (χ1n) is 8.05. The van der Waals surface area contributed by atoms with Crippen molar-refractivity contribution in [3.05, 3.63) is 57.8 Å². The molecule has 1 unspecified atom stereocenters. The lowest BCUT2D eigenvalue weighted by Crippen LogP contribution is -2.31. The zero-order chi connectivity index (χ0) is 18.2. The minimum atomic E-state index is -0.552. The van der Waals surface area contributed by atoms with Crippen LogP contribution in [0.4, 0.5) is 0 Å². The first-order valence-corrected chi connectivity index (χ1v) is 8.87. The molecule has 1 atom stereocenters. The van der Waals surface area contributed by atoms with Crippen molar-refractivity contribution in [3.8, 4) is 0 Å². The van der Waals surface area contributed by atoms with Gasteiger partial charge in [-0.3, -0.25) is 14.4 Å². The Morgan fingerprint density at radius 3 is 2.44 bits per heavy atom. The number of nitrogens with one attached hydrogen (secondary N) is 1. The van der Waals surface area contributed by atoms with Gasteiger partial charge in [-0.2, -0.15) is 0 Å². The van der Waals surface area contributed by atoms with Crippen LogP contribution in [-0.4, -0.2) is 24.3 Å². The van der Waals surface area contributed by atoms with Gasteiger partial charge >= 0.3 is 5.97 Å². The highest BCUT2D eigenvalue weighted by Crippen LogP contribution is 2.17. The Morgan fingerprint density at radius 1 is 1.08 bits per heavy atom. The molecule has 0 bridgehead atoms. The Labute approximate surface area is 151 Å². The number of carbonyl (C=O) groups excluding carboxylic acids is 3. The highest BCUT2D eigenvalue weighted by molar-refractivity contribution is 7.14. The molecule has 0 spiro atoms. The molecule has 0 aliphatic rings. The average Bonchev–Trinajstić information content (AvgIpc) is 3.05. The van der Waals surface area contributed by atoms with Crippen LogP contribution in [0.3, 0.4) is 0 Å². The molecule has 2 rings (SSSR count). The summed E-state index contributed by atoms with van der Waals surface area (Å²) in [6, 6.07) is 13.0. The van der Waals surface area contributed by atoms with Crippen molar-refractivity contribution in [1.29, 1.82) is 0 Å². The molecule has 1 aromatic heterocycles. The van der Waals surface area contributed by atoms with Gasteiger partial charge in [-0.05, 0) is 31.5 Å². The fraction of sp³-hybridized carbons (Fsp3) is 0.316. The third-order valence-corrected chi connectivity index (χ3v) is 4.65. The summed E-state index contributed by atoms with van der Waals surface area (Å²) in [7, 11) is 0. The lowest BCUT2D eigenvalue weighted by Gasteiger charge is -2.14. The quantitative estimate of drug-likeness (QED) is 0.579. The maximum absolute atomic E-state index is 11.9. The number of benzene rings is 1. The van der Waals surface area contributed by atoms with Crippen LogP contribution in [0.25, 0.3) is 0 Å². The van der Waals surface area contributed by atoms with E-state index in [0.717, 1.165) is 10.4 Å². The molecular weight excluding hydrogens is 338 g/mol. The number of ether oxygens (including phenoxy) is 1. The van der Waals surface area contributed by atoms with Crippen molar-refractivity contribution >= 4 is 29.0 Å². The molecule has 2 aromatic rings. The lowest BCUT2D eigenvalue weighted by atomic mass is 10.1. The number of esters is 1. The van der Waals surface area contributed by atoms with Crippen molar-refractivity contribution in [1.82, 2.24) is 5.32 Å². The number of ketones is 1. The van der Waals surface area contributed by atoms with Crippen molar-refractivity contribution in [2.45, 2.75) is 32.7 Å². The molecule has 1 aromatic carbocycles. The molecule has 1 N–H and O–H groups in total. The summed E-state index contributed by atoms with van der Waals surface area (Å²) >= 11 is 1.40. The molecule has 0 saturated heterocycles. The SMILES string of the molecule is Cc1ccc(C(=O)CCC(=O)OCC(=O)NC(C)c2ccccc2)s1. The van der Waals surface area contributed by atoms with Gasteiger partial charge in [-0.25, -0.2) is 0 Å². The predicted octanol–water partition coefficient (Wildman–Crippen LogP) is 3.44. The molecule has 25 heavy (non-hydrogen) atoms. The summed E-state index contributed by atoms with van der Waals surface area (Å²) in [5, 5.41) is 2.76. The number of Topliss-reactive ketones (excluding diaryl/α,β-unsaturated/α-hetero) is 1. The van der Waals surface area contributed by atoms with Gasteiger partial charge in [0.1, 0.15) is 0 Å². The van der Waals surface area contributed by atoms with Crippen LogP contribution in [0, 0.1) is 6.92 Å². The minimum absolute atomic E-state index is 0.0305. The molecule has 1 heterocycles. The summed E-state index contributed by atoms with van der Waals surface area (Å²) in [6.45, 7) is 3.43. The number of hydrogen-bond acceptors (Lipinski definition) is 5. The molecule has 5 nitrogen and oxygen atoms in total. The zero-order valence-electron chi connectivity index (χ0n) is 14.3. The van der Waals surface area contributed by atoms with Gasteiger partial charge in [-0.15, -0.1) is 11.3 Å². The van der Waals surface area contributed by atoms with E-state index in [1.54, 1.807) is 6.07 Å². The maximum Gasteiger partial charge on any atom is 0.306 e. The number of rotatable bonds is 8. The second kappa shape index (κ2) is 9.13. The monoisotopic (exact) mass is 359 g/mol. The van der Waals surface area contributed by atoms with Gasteiger partial charge in [-0.1, -0.05) is 30.3 Å². The van der Waals surface area contributed by atoms with E-state index in [2.05, 4.69) is 5.32 Å². The van der Waals surface area contributed by atoms with Crippen LogP contribution in [0.1, 0.15) is 45.9 Å². The van der Waals surface area contributed by atoms with Crippen LogP contribution in [0.2, 0.25) is 0 Å². The van der Waals surface area contributed by atoms with Crippen molar-refractivity contribution in [2.75, 3.05) is 6.61 Å². The Morgan fingerprint density at radius 2 is 1.80 bits per heavy atom. The second-order valence-corrected chi connectivity index (χ2v) is 6.98. The van der Waals surface area contributed by atoms with Crippen LogP contribution in [0.5, 0.6) is 0 Å². The van der Waals surface area contributed by atoms with E-state index in [0.29, 0.717) is 4.88 Å². The third-order valence-electron chi connectivity index (χ3n) is 3.61. The first-order chi connectivity index (χ1) is 12.0. The van der Waals surface area contributed by atoms with Crippen molar-refractivity contribution in [2.24, 2.45) is 0 Å². The molecule has 6 heteroatoms. The largest absolute Gasteiger partial charge is 0.456 e. The minimum Gasteiger partial charge on any atom is -0.456 e. The van der Waals surface area contributed by atoms with E-state index in [-0.39, 0.29) is 37.2 Å². The number of amides is 1. The smallest absolute Gasteiger partial charge is 0.306 e. The van der Waals surface area contributed by atoms with Gasteiger partial charge in [0.15, 0.2) is 12.4 Å². The summed E-state index contributed by atoms with van der Waals surface area (Å²) in [6.07, 6.45) is 0.0537. The summed E-state index contributed by atoms with van der Waals surface area (Å²) < 4.78 is 4.93. The van der Waals surface area contributed by atoms with Gasteiger partial charge in [0.2, 0.25) is 0 Å². The van der Waals surface area contributed by atoms with Gasteiger partial charge < -0.3 is 10.1 Å². The van der Waals surface area contributed by atoms with E-state index in [9.17, 15) is 14.4 Å². The zero-order valence-corrected chi connectivity index (χ0v) is 15.1. The second-order valence-electron chi connectivity index (χ2n) is 5.69. The Hall–Kier alpha value is -2.47. The number of carbonyl (C=O) groups is 3. The lowest BCUT2D eigenvalue weighted by molar-refractivity contribution is -0.148. The number of thiophene rings is 1. The van der Waals surface area contributed by atoms with Gasteiger partial charge in [0, 0.05) is 11.3 Å². The summed E-state index contributed by atoms with van der Waals surface area (Å²) in [5.74, 6) is -1.01. The first kappa shape index (κ1) is 18.9. The predicted molar refractivity (Wildman–Crippen MR) is 96.6 cm³/mol. The molecule has 0 saturated carbocycles. The van der Waals surface area contributed by atoms with E-state index >= 15 is 0 Å². The molecule has 132 valence electrons. The standard InChI is InChI=1S/C19H21NO4S/c1-13-8-10-17(25-13)16(21)9-11-19(23)24-12-18(22)20-14(2)15-6-4-3-5-7-15/h3-8,10,14H,9,11-12H2,1-2H3,(H,20,22). The molecule has 0 aliphatic carbocycles. The fourth-order valence-electron chi connectivity index (χ4n) is 2.25. The number of aryl methyl sites for hydroxylation is 1. The van der Waals surface area contributed by atoms with Crippen molar-refractivity contribution < 1.29 is 19.1 Å². The van der Waals surface area contributed by atoms with E-state index in [1.165, 1.54) is 11.3 Å². The normalized spacial score (nSPS) is 11.6. The molecule has 1 amide bonds. The van der Waals surface area contributed by atoms with Gasteiger partial charge in [0.05, 0.1) is 17.3 Å². The summed E-state index contributed by atoms with van der Waals surface area (Å²) in [4.78, 5) is 37.1. The highest BCUT2D eigenvalue weighted by atomic mass is 32.1. The molecular formula is C19H21NO4S. The van der Waals surface area contributed by atoms with Gasteiger partial charge in [0.25, 0.3) is 5.91 Å². The van der Waals surface area contributed by atoms with Crippen LogP contribution in [-0.2, 0) is 14.3 Å².